The quantitative estimate of drug-likeness (QED) is 0.771. The van der Waals surface area contributed by atoms with E-state index in [1.807, 2.05) is 13.8 Å². The molecular formula is C13H24N4O. The van der Waals surface area contributed by atoms with Crippen LogP contribution in [0.25, 0.3) is 0 Å². The van der Waals surface area contributed by atoms with Crippen molar-refractivity contribution >= 4 is 5.91 Å². The SMILES string of the molecule is CNC(=O)CCCN1CCN(C(C)(C)C#N)CC1. The summed E-state index contributed by atoms with van der Waals surface area (Å²) in [5.41, 5.74) is -0.367. The van der Waals surface area contributed by atoms with Gasteiger partial charge in [0.15, 0.2) is 0 Å². The Kier molecular flexibility index (Phi) is 5.57. The Bertz CT molecular complexity index is 313. The van der Waals surface area contributed by atoms with Crippen molar-refractivity contribution in [3.05, 3.63) is 0 Å². The summed E-state index contributed by atoms with van der Waals surface area (Å²) in [6.45, 7) is 8.73. The highest BCUT2D eigenvalue weighted by Gasteiger charge is 2.29. The Hall–Kier alpha value is -1.12. The maximum Gasteiger partial charge on any atom is 0.219 e. The number of nitrogens with zero attached hydrogens (tertiary/aromatic N) is 3. The molecule has 0 aliphatic carbocycles. The standard InChI is InChI=1S/C13H24N4O/c1-13(2,11-14)17-9-7-16(8-10-17)6-4-5-12(18)15-3/h4-10H2,1-3H3,(H,15,18). The Morgan fingerprint density at radius 3 is 2.44 bits per heavy atom. The van der Waals surface area contributed by atoms with Crippen LogP contribution < -0.4 is 5.32 Å². The molecule has 1 amide bonds. The molecule has 1 fully saturated rings. The van der Waals surface area contributed by atoms with Gasteiger partial charge in [0, 0.05) is 39.6 Å². The molecule has 0 atom stereocenters. The molecule has 5 heteroatoms. The zero-order valence-corrected chi connectivity index (χ0v) is 11.7. The highest BCUT2D eigenvalue weighted by Crippen LogP contribution is 2.15. The average Bonchev–Trinajstić information content (AvgIpc) is 2.39. The second-order valence-electron chi connectivity index (χ2n) is 5.28. The predicted octanol–water partition coefficient (Wildman–Crippen LogP) is 0.432. The third-order valence-electron chi connectivity index (χ3n) is 3.59. The maximum absolute atomic E-state index is 11.1. The highest BCUT2D eigenvalue weighted by atomic mass is 16.1. The normalized spacial score (nSPS) is 18.3. The highest BCUT2D eigenvalue weighted by molar-refractivity contribution is 5.75. The van der Waals surface area contributed by atoms with Gasteiger partial charge in [-0.1, -0.05) is 0 Å². The van der Waals surface area contributed by atoms with Crippen molar-refractivity contribution in [1.29, 1.82) is 5.26 Å². The predicted molar refractivity (Wildman–Crippen MR) is 71.0 cm³/mol. The number of rotatable bonds is 5. The number of nitrogens with one attached hydrogen (secondary N) is 1. The minimum atomic E-state index is -0.367. The molecule has 5 nitrogen and oxygen atoms in total. The molecule has 0 aromatic rings. The average molecular weight is 252 g/mol. The Labute approximate surface area is 110 Å². The van der Waals surface area contributed by atoms with Crippen molar-refractivity contribution in [3.8, 4) is 6.07 Å². The molecule has 0 unspecified atom stereocenters. The number of hydrogen-bond acceptors (Lipinski definition) is 4. The molecular weight excluding hydrogens is 228 g/mol. The minimum absolute atomic E-state index is 0.110. The van der Waals surface area contributed by atoms with Crippen LogP contribution in [0.1, 0.15) is 26.7 Å². The number of amides is 1. The summed E-state index contributed by atoms with van der Waals surface area (Å²) in [4.78, 5) is 15.7. The Balaban J connectivity index is 2.24. The van der Waals surface area contributed by atoms with E-state index in [0.717, 1.165) is 39.1 Å². The fourth-order valence-corrected chi connectivity index (χ4v) is 2.19. The number of piperazine rings is 1. The van der Waals surface area contributed by atoms with Crippen LogP contribution in [0.2, 0.25) is 0 Å². The molecule has 0 spiro atoms. The van der Waals surface area contributed by atoms with E-state index in [9.17, 15) is 4.79 Å². The van der Waals surface area contributed by atoms with Gasteiger partial charge in [0.2, 0.25) is 5.91 Å². The van der Waals surface area contributed by atoms with Crippen molar-refractivity contribution in [3.63, 3.8) is 0 Å². The summed E-state index contributed by atoms with van der Waals surface area (Å²) < 4.78 is 0. The number of nitriles is 1. The lowest BCUT2D eigenvalue weighted by Gasteiger charge is -2.40. The molecule has 1 rings (SSSR count). The summed E-state index contributed by atoms with van der Waals surface area (Å²) >= 11 is 0. The lowest BCUT2D eigenvalue weighted by atomic mass is 10.0. The van der Waals surface area contributed by atoms with Gasteiger partial charge in [-0.3, -0.25) is 9.69 Å². The van der Waals surface area contributed by atoms with Crippen LogP contribution >= 0.6 is 0 Å². The molecule has 1 heterocycles. The van der Waals surface area contributed by atoms with Gasteiger partial charge < -0.3 is 10.2 Å². The first kappa shape index (κ1) is 14.9. The Morgan fingerprint density at radius 1 is 1.33 bits per heavy atom. The van der Waals surface area contributed by atoms with Crippen LogP contribution in [0.5, 0.6) is 0 Å². The van der Waals surface area contributed by atoms with Crippen LogP contribution in [0.15, 0.2) is 0 Å². The monoisotopic (exact) mass is 252 g/mol. The van der Waals surface area contributed by atoms with Gasteiger partial charge in [0.05, 0.1) is 6.07 Å². The summed E-state index contributed by atoms with van der Waals surface area (Å²) in [5.74, 6) is 0.110. The zero-order valence-electron chi connectivity index (χ0n) is 11.7. The lowest BCUT2D eigenvalue weighted by Crippen LogP contribution is -2.54. The fraction of sp³-hybridized carbons (Fsp3) is 0.846. The molecule has 1 saturated heterocycles. The van der Waals surface area contributed by atoms with Gasteiger partial charge in [0.1, 0.15) is 5.54 Å². The number of carbonyl (C=O) groups is 1. The van der Waals surface area contributed by atoms with Crippen molar-refractivity contribution in [2.24, 2.45) is 0 Å². The van der Waals surface area contributed by atoms with E-state index in [1.54, 1.807) is 7.05 Å². The number of carbonyl (C=O) groups excluding carboxylic acids is 1. The molecule has 1 aliphatic heterocycles. The first-order chi connectivity index (χ1) is 8.49. The minimum Gasteiger partial charge on any atom is -0.359 e. The molecule has 0 aromatic heterocycles. The van der Waals surface area contributed by atoms with Gasteiger partial charge in [-0.25, -0.2) is 0 Å². The van der Waals surface area contributed by atoms with Crippen molar-refractivity contribution in [2.75, 3.05) is 39.8 Å². The maximum atomic E-state index is 11.1. The molecule has 1 N–H and O–H groups in total. The van der Waals surface area contributed by atoms with Gasteiger partial charge in [-0.2, -0.15) is 5.26 Å². The molecule has 0 aromatic carbocycles. The van der Waals surface area contributed by atoms with Crippen LogP contribution in [0.3, 0.4) is 0 Å². The van der Waals surface area contributed by atoms with Crippen molar-refractivity contribution in [1.82, 2.24) is 15.1 Å². The van der Waals surface area contributed by atoms with E-state index in [2.05, 4.69) is 21.2 Å². The van der Waals surface area contributed by atoms with Crippen LogP contribution in [0, 0.1) is 11.3 Å². The molecule has 18 heavy (non-hydrogen) atoms. The Morgan fingerprint density at radius 2 is 1.94 bits per heavy atom. The van der Waals surface area contributed by atoms with E-state index in [-0.39, 0.29) is 11.4 Å². The molecule has 0 saturated carbocycles. The van der Waals surface area contributed by atoms with Gasteiger partial charge in [0.25, 0.3) is 0 Å². The molecule has 1 aliphatic rings. The van der Waals surface area contributed by atoms with E-state index in [0.29, 0.717) is 6.42 Å². The van der Waals surface area contributed by atoms with Crippen molar-refractivity contribution < 1.29 is 4.79 Å². The summed E-state index contributed by atoms with van der Waals surface area (Å²) in [5, 5.41) is 11.7. The van der Waals surface area contributed by atoms with Gasteiger partial charge in [-0.15, -0.1) is 0 Å². The molecule has 102 valence electrons. The third-order valence-corrected chi connectivity index (χ3v) is 3.59. The largest absolute Gasteiger partial charge is 0.359 e. The topological polar surface area (TPSA) is 59.4 Å². The second-order valence-corrected chi connectivity index (χ2v) is 5.28. The first-order valence-corrected chi connectivity index (χ1v) is 6.59. The van der Waals surface area contributed by atoms with Crippen LogP contribution in [-0.4, -0.2) is 61.0 Å². The first-order valence-electron chi connectivity index (χ1n) is 6.59. The van der Waals surface area contributed by atoms with Gasteiger partial charge in [-0.05, 0) is 26.8 Å². The lowest BCUT2D eigenvalue weighted by molar-refractivity contribution is -0.120. The summed E-state index contributed by atoms with van der Waals surface area (Å²) in [6.07, 6.45) is 1.50. The molecule has 0 bridgehead atoms. The fourth-order valence-electron chi connectivity index (χ4n) is 2.19. The van der Waals surface area contributed by atoms with E-state index in [4.69, 9.17) is 5.26 Å². The van der Waals surface area contributed by atoms with Crippen molar-refractivity contribution in [2.45, 2.75) is 32.2 Å². The van der Waals surface area contributed by atoms with Crippen LogP contribution in [-0.2, 0) is 4.79 Å². The molecule has 0 radical (unpaired) electrons. The summed E-state index contributed by atoms with van der Waals surface area (Å²) in [7, 11) is 1.67. The second kappa shape index (κ2) is 6.72. The number of hydrogen-bond donors (Lipinski definition) is 1. The van der Waals surface area contributed by atoms with E-state index in [1.165, 1.54) is 0 Å². The summed E-state index contributed by atoms with van der Waals surface area (Å²) in [6, 6.07) is 2.35. The smallest absolute Gasteiger partial charge is 0.219 e. The van der Waals surface area contributed by atoms with E-state index >= 15 is 0 Å². The third kappa shape index (κ3) is 4.28. The van der Waals surface area contributed by atoms with Gasteiger partial charge >= 0.3 is 0 Å². The van der Waals surface area contributed by atoms with Crippen LogP contribution in [0.4, 0.5) is 0 Å². The van der Waals surface area contributed by atoms with E-state index < -0.39 is 0 Å². The zero-order chi connectivity index (χ0) is 13.6.